The van der Waals surface area contributed by atoms with Crippen LogP contribution in [0.15, 0.2) is 17.3 Å². The highest BCUT2D eigenvalue weighted by molar-refractivity contribution is 7.89. The first-order chi connectivity index (χ1) is 9.01. The van der Waals surface area contributed by atoms with Gasteiger partial charge in [-0.05, 0) is 26.4 Å². The molecule has 0 bridgehead atoms. The zero-order valence-electron chi connectivity index (χ0n) is 11.0. The Morgan fingerprint density at radius 1 is 1.58 bits per heavy atom. The van der Waals surface area contributed by atoms with Gasteiger partial charge in [-0.25, -0.2) is 13.1 Å². The molecule has 0 amide bonds. The van der Waals surface area contributed by atoms with Crippen molar-refractivity contribution < 1.29 is 13.5 Å². The Hall–Kier alpha value is -0.960. The van der Waals surface area contributed by atoms with E-state index < -0.39 is 10.0 Å². The molecule has 0 aromatic carbocycles. The normalized spacial score (nSPS) is 21.7. The van der Waals surface area contributed by atoms with Crippen molar-refractivity contribution in [1.29, 1.82) is 0 Å². The molecule has 0 spiro atoms. The number of likely N-dealkylation sites (tertiary alicyclic amines) is 1. The molecule has 1 aliphatic heterocycles. The molecule has 1 unspecified atom stereocenters. The molecule has 0 saturated carbocycles. The highest BCUT2D eigenvalue weighted by Crippen LogP contribution is 2.13. The molecule has 0 radical (unpaired) electrons. The van der Waals surface area contributed by atoms with Crippen molar-refractivity contribution in [3.05, 3.63) is 12.4 Å². The molecule has 2 heterocycles. The van der Waals surface area contributed by atoms with Gasteiger partial charge < -0.3 is 10.0 Å². The van der Waals surface area contributed by atoms with Gasteiger partial charge in [0.15, 0.2) is 0 Å². The minimum atomic E-state index is -3.52. The zero-order chi connectivity index (χ0) is 13.9. The quantitative estimate of drug-likeness (QED) is 0.744. The SMILES string of the molecule is CN1CCCC(NS(=O)(=O)c2cnn(CCO)c2)C1. The number of rotatable bonds is 5. The van der Waals surface area contributed by atoms with Crippen LogP contribution in [0, 0.1) is 0 Å². The summed E-state index contributed by atoms with van der Waals surface area (Å²) in [5.74, 6) is 0. The summed E-state index contributed by atoms with van der Waals surface area (Å²) in [5, 5.41) is 12.7. The van der Waals surface area contributed by atoms with E-state index in [4.69, 9.17) is 5.11 Å². The molecular formula is C11H20N4O3S. The van der Waals surface area contributed by atoms with Crippen LogP contribution in [0.25, 0.3) is 0 Å². The average Bonchev–Trinajstić information content (AvgIpc) is 2.78. The lowest BCUT2D eigenvalue weighted by Crippen LogP contribution is -2.46. The first kappa shape index (κ1) is 14.4. The van der Waals surface area contributed by atoms with Gasteiger partial charge in [-0.15, -0.1) is 0 Å². The molecule has 2 rings (SSSR count). The van der Waals surface area contributed by atoms with E-state index in [1.165, 1.54) is 17.1 Å². The second-order valence-corrected chi connectivity index (χ2v) is 6.60. The molecule has 2 N–H and O–H groups in total. The molecule has 1 aromatic rings. The third-order valence-corrected chi connectivity index (χ3v) is 4.67. The van der Waals surface area contributed by atoms with Crippen molar-refractivity contribution >= 4 is 10.0 Å². The van der Waals surface area contributed by atoms with Crippen molar-refractivity contribution in [2.24, 2.45) is 0 Å². The van der Waals surface area contributed by atoms with E-state index in [1.54, 1.807) is 0 Å². The van der Waals surface area contributed by atoms with E-state index in [0.29, 0.717) is 6.54 Å². The molecule has 1 fully saturated rings. The van der Waals surface area contributed by atoms with Gasteiger partial charge in [0.1, 0.15) is 4.90 Å². The second kappa shape index (κ2) is 6.00. The van der Waals surface area contributed by atoms with Gasteiger partial charge in [0.2, 0.25) is 10.0 Å². The summed E-state index contributed by atoms with van der Waals surface area (Å²) in [5.41, 5.74) is 0. The number of aliphatic hydroxyl groups excluding tert-OH is 1. The van der Waals surface area contributed by atoms with Crippen LogP contribution in [0.2, 0.25) is 0 Å². The summed E-state index contributed by atoms with van der Waals surface area (Å²) in [6.45, 7) is 1.96. The monoisotopic (exact) mass is 288 g/mol. The molecule has 1 aliphatic rings. The number of nitrogens with zero attached hydrogens (tertiary/aromatic N) is 3. The number of nitrogens with one attached hydrogen (secondary N) is 1. The Labute approximate surface area is 113 Å². The van der Waals surface area contributed by atoms with Gasteiger partial charge in [0.25, 0.3) is 0 Å². The maximum absolute atomic E-state index is 12.2. The van der Waals surface area contributed by atoms with Crippen LogP contribution in [0.4, 0.5) is 0 Å². The average molecular weight is 288 g/mol. The third kappa shape index (κ3) is 3.75. The van der Waals surface area contributed by atoms with Crippen molar-refractivity contribution in [1.82, 2.24) is 19.4 Å². The van der Waals surface area contributed by atoms with E-state index in [1.807, 2.05) is 7.05 Å². The van der Waals surface area contributed by atoms with Gasteiger partial charge in [0.05, 0.1) is 19.3 Å². The summed E-state index contributed by atoms with van der Waals surface area (Å²) in [6.07, 6.45) is 4.59. The highest BCUT2D eigenvalue weighted by Gasteiger charge is 2.24. The lowest BCUT2D eigenvalue weighted by atomic mass is 10.1. The predicted molar refractivity (Wildman–Crippen MR) is 70.2 cm³/mol. The van der Waals surface area contributed by atoms with E-state index in [9.17, 15) is 8.42 Å². The number of aliphatic hydroxyl groups is 1. The van der Waals surface area contributed by atoms with Crippen LogP contribution < -0.4 is 4.72 Å². The van der Waals surface area contributed by atoms with Gasteiger partial charge in [0, 0.05) is 18.8 Å². The number of hydrogen-bond acceptors (Lipinski definition) is 5. The van der Waals surface area contributed by atoms with Gasteiger partial charge >= 0.3 is 0 Å². The van der Waals surface area contributed by atoms with Crippen molar-refractivity contribution in [2.75, 3.05) is 26.7 Å². The molecular weight excluding hydrogens is 268 g/mol. The Kier molecular flexibility index (Phi) is 4.56. The molecule has 7 nitrogen and oxygen atoms in total. The number of aromatic nitrogens is 2. The largest absolute Gasteiger partial charge is 0.394 e. The molecule has 0 aliphatic carbocycles. The first-order valence-corrected chi connectivity index (χ1v) is 7.84. The number of sulfonamides is 1. The Balaban J connectivity index is 2.04. The number of likely N-dealkylation sites (N-methyl/N-ethyl adjacent to an activating group) is 1. The molecule has 1 aromatic heterocycles. The lowest BCUT2D eigenvalue weighted by Gasteiger charge is -2.29. The lowest BCUT2D eigenvalue weighted by molar-refractivity contribution is 0.242. The standard InChI is InChI=1S/C11H20N4O3S/c1-14-4-2-3-10(8-14)13-19(17,18)11-7-12-15(9-11)5-6-16/h7,9-10,13,16H,2-6,8H2,1H3. The van der Waals surface area contributed by atoms with Crippen molar-refractivity contribution in [3.8, 4) is 0 Å². The fourth-order valence-corrected chi connectivity index (χ4v) is 3.47. The van der Waals surface area contributed by atoms with E-state index in [-0.39, 0.29) is 17.5 Å². The fourth-order valence-electron chi connectivity index (χ4n) is 2.26. The number of piperidine rings is 1. The van der Waals surface area contributed by atoms with Crippen molar-refractivity contribution in [3.63, 3.8) is 0 Å². The maximum atomic E-state index is 12.2. The number of hydrogen-bond donors (Lipinski definition) is 2. The molecule has 1 atom stereocenters. The van der Waals surface area contributed by atoms with Crippen LogP contribution in [-0.4, -0.2) is 61.0 Å². The molecule has 108 valence electrons. The van der Waals surface area contributed by atoms with Gasteiger partial charge in [-0.2, -0.15) is 5.10 Å². The first-order valence-electron chi connectivity index (χ1n) is 6.35. The van der Waals surface area contributed by atoms with Crippen LogP contribution in [-0.2, 0) is 16.6 Å². The zero-order valence-corrected chi connectivity index (χ0v) is 11.8. The fraction of sp³-hybridized carbons (Fsp3) is 0.727. The maximum Gasteiger partial charge on any atom is 0.243 e. The van der Waals surface area contributed by atoms with Crippen LogP contribution in [0.3, 0.4) is 0 Å². The predicted octanol–water partition coefficient (Wildman–Crippen LogP) is -0.752. The Morgan fingerprint density at radius 2 is 2.37 bits per heavy atom. The highest BCUT2D eigenvalue weighted by atomic mass is 32.2. The van der Waals surface area contributed by atoms with Crippen molar-refractivity contribution in [2.45, 2.75) is 30.3 Å². The summed E-state index contributed by atoms with van der Waals surface area (Å²) >= 11 is 0. The van der Waals surface area contributed by atoms with E-state index in [2.05, 4.69) is 14.7 Å². The summed E-state index contributed by atoms with van der Waals surface area (Å²) in [4.78, 5) is 2.26. The van der Waals surface area contributed by atoms with Gasteiger partial charge in [-0.1, -0.05) is 0 Å². The van der Waals surface area contributed by atoms with Crippen LogP contribution in [0.1, 0.15) is 12.8 Å². The summed E-state index contributed by atoms with van der Waals surface area (Å²) < 4.78 is 28.5. The molecule has 19 heavy (non-hydrogen) atoms. The minimum Gasteiger partial charge on any atom is -0.394 e. The second-order valence-electron chi connectivity index (χ2n) is 4.89. The van der Waals surface area contributed by atoms with Gasteiger partial charge in [-0.3, -0.25) is 4.68 Å². The van der Waals surface area contributed by atoms with E-state index in [0.717, 1.165) is 25.9 Å². The van der Waals surface area contributed by atoms with E-state index >= 15 is 0 Å². The summed E-state index contributed by atoms with van der Waals surface area (Å²) in [6, 6.07) is -0.0510. The Bertz CT molecular complexity index is 514. The smallest absolute Gasteiger partial charge is 0.243 e. The third-order valence-electron chi connectivity index (χ3n) is 3.20. The van der Waals surface area contributed by atoms with Crippen LogP contribution in [0.5, 0.6) is 0 Å². The summed E-state index contributed by atoms with van der Waals surface area (Å²) in [7, 11) is -1.54. The molecule has 1 saturated heterocycles. The Morgan fingerprint density at radius 3 is 3.05 bits per heavy atom. The minimum absolute atomic E-state index is 0.0510. The topological polar surface area (TPSA) is 87.5 Å². The van der Waals surface area contributed by atoms with Crippen LogP contribution >= 0.6 is 0 Å². The molecule has 8 heteroatoms.